The maximum atomic E-state index is 13.5. The summed E-state index contributed by atoms with van der Waals surface area (Å²) >= 11 is 15.7. The standard InChI is InChI=1S/C32H23BrCl2N2O6/c1-41-26-11-5-20(29(16-26)43-18-21-4-8-23(34)15-28(21)35)14-27-30(38)36-32(40)37(31(27)39)24-9-12-25(13-10-24)42-17-19-2-6-22(33)7-3-19/h2-16H,17-18H2,1H3,(H,36,38,40)/b27-14+. The molecule has 1 saturated heterocycles. The van der Waals surface area contributed by atoms with Gasteiger partial charge in [-0.05, 0) is 72.3 Å². The average Bonchev–Trinajstić information content (AvgIpc) is 2.99. The van der Waals surface area contributed by atoms with Crippen molar-refractivity contribution >= 4 is 68.7 Å². The molecule has 43 heavy (non-hydrogen) atoms. The molecule has 1 aliphatic heterocycles. The van der Waals surface area contributed by atoms with Gasteiger partial charge in [0.05, 0.1) is 12.8 Å². The number of hydrogen-bond acceptors (Lipinski definition) is 6. The van der Waals surface area contributed by atoms with Crippen LogP contribution in [0, 0.1) is 0 Å². The molecule has 0 saturated carbocycles. The van der Waals surface area contributed by atoms with E-state index in [2.05, 4.69) is 21.2 Å². The zero-order valence-electron chi connectivity index (χ0n) is 22.6. The molecule has 4 aromatic rings. The number of ether oxygens (including phenoxy) is 3. The lowest BCUT2D eigenvalue weighted by Crippen LogP contribution is -2.54. The Kier molecular flexibility index (Phi) is 9.35. The summed E-state index contributed by atoms with van der Waals surface area (Å²) in [6, 6.07) is 23.2. The summed E-state index contributed by atoms with van der Waals surface area (Å²) in [6.45, 7) is 0.425. The van der Waals surface area contributed by atoms with Crippen molar-refractivity contribution in [3.63, 3.8) is 0 Å². The van der Waals surface area contributed by atoms with E-state index in [0.29, 0.717) is 45.0 Å². The van der Waals surface area contributed by atoms with Crippen molar-refractivity contribution in [3.05, 3.63) is 122 Å². The molecule has 0 aliphatic carbocycles. The predicted molar refractivity (Wildman–Crippen MR) is 168 cm³/mol. The van der Waals surface area contributed by atoms with Crippen LogP contribution >= 0.6 is 39.1 Å². The summed E-state index contributed by atoms with van der Waals surface area (Å²) in [5.74, 6) is -0.251. The van der Waals surface area contributed by atoms with Crippen molar-refractivity contribution in [3.8, 4) is 17.2 Å². The van der Waals surface area contributed by atoms with Gasteiger partial charge in [-0.3, -0.25) is 14.9 Å². The van der Waals surface area contributed by atoms with Crippen LogP contribution in [-0.4, -0.2) is 25.0 Å². The Morgan fingerprint density at radius 1 is 0.837 bits per heavy atom. The molecule has 0 atom stereocenters. The highest BCUT2D eigenvalue weighted by atomic mass is 79.9. The summed E-state index contributed by atoms with van der Waals surface area (Å²) in [5.41, 5.74) is 2.08. The molecule has 0 bridgehead atoms. The van der Waals surface area contributed by atoms with Crippen LogP contribution in [-0.2, 0) is 22.8 Å². The first-order chi connectivity index (χ1) is 20.7. The van der Waals surface area contributed by atoms with E-state index in [0.717, 1.165) is 14.9 Å². The summed E-state index contributed by atoms with van der Waals surface area (Å²) in [4.78, 5) is 40.0. The van der Waals surface area contributed by atoms with Crippen LogP contribution in [0.4, 0.5) is 10.5 Å². The van der Waals surface area contributed by atoms with E-state index in [1.54, 1.807) is 60.7 Å². The Hall–Kier alpha value is -4.31. The lowest BCUT2D eigenvalue weighted by Gasteiger charge is -2.26. The van der Waals surface area contributed by atoms with Crippen molar-refractivity contribution in [1.82, 2.24) is 5.32 Å². The normalized spacial score (nSPS) is 14.1. The van der Waals surface area contributed by atoms with Crippen molar-refractivity contribution in [2.24, 2.45) is 0 Å². The fourth-order valence-corrected chi connectivity index (χ4v) is 4.89. The van der Waals surface area contributed by atoms with Gasteiger partial charge in [-0.1, -0.05) is 57.3 Å². The van der Waals surface area contributed by atoms with Crippen LogP contribution in [0.2, 0.25) is 10.0 Å². The topological polar surface area (TPSA) is 94.2 Å². The van der Waals surface area contributed by atoms with E-state index < -0.39 is 17.8 Å². The minimum absolute atomic E-state index is 0.0837. The second-order valence-electron chi connectivity index (χ2n) is 9.30. The van der Waals surface area contributed by atoms with Gasteiger partial charge in [0.1, 0.15) is 36.0 Å². The van der Waals surface area contributed by atoms with E-state index in [4.69, 9.17) is 37.4 Å². The molecule has 0 aromatic heterocycles. The highest BCUT2D eigenvalue weighted by molar-refractivity contribution is 9.10. The third-order valence-electron chi connectivity index (χ3n) is 6.43. The molecule has 0 radical (unpaired) electrons. The summed E-state index contributed by atoms with van der Waals surface area (Å²) < 4.78 is 18.1. The molecule has 1 N–H and O–H groups in total. The number of halogens is 3. The number of urea groups is 1. The number of carbonyl (C=O) groups excluding carboxylic acids is 3. The molecule has 0 spiro atoms. The molecule has 0 unspecified atom stereocenters. The molecule has 8 nitrogen and oxygen atoms in total. The van der Waals surface area contributed by atoms with E-state index in [1.807, 2.05) is 24.3 Å². The predicted octanol–water partition coefficient (Wildman–Crippen LogP) is 7.59. The Labute approximate surface area is 265 Å². The number of carbonyl (C=O) groups is 3. The van der Waals surface area contributed by atoms with Gasteiger partial charge in [-0.15, -0.1) is 0 Å². The maximum absolute atomic E-state index is 13.5. The minimum atomic E-state index is -0.862. The fourth-order valence-electron chi connectivity index (χ4n) is 4.17. The van der Waals surface area contributed by atoms with Gasteiger partial charge in [-0.25, -0.2) is 9.69 Å². The van der Waals surface area contributed by atoms with Crippen molar-refractivity contribution in [2.75, 3.05) is 12.0 Å². The Morgan fingerprint density at radius 3 is 2.26 bits per heavy atom. The first-order valence-electron chi connectivity index (χ1n) is 12.9. The molecular formula is C32H23BrCl2N2O6. The quantitative estimate of drug-likeness (QED) is 0.145. The smallest absolute Gasteiger partial charge is 0.335 e. The molecule has 1 fully saturated rings. The first-order valence-corrected chi connectivity index (χ1v) is 14.4. The monoisotopic (exact) mass is 680 g/mol. The number of amides is 4. The number of nitrogens with zero attached hydrogens (tertiary/aromatic N) is 1. The molecule has 5 rings (SSSR count). The zero-order chi connectivity index (χ0) is 30.5. The first kappa shape index (κ1) is 30.2. The number of nitrogens with one attached hydrogen (secondary N) is 1. The van der Waals surface area contributed by atoms with Crippen LogP contribution in [0.15, 0.2) is 95.0 Å². The van der Waals surface area contributed by atoms with Crippen LogP contribution in [0.3, 0.4) is 0 Å². The molecule has 1 heterocycles. The Morgan fingerprint density at radius 2 is 1.56 bits per heavy atom. The highest BCUT2D eigenvalue weighted by Gasteiger charge is 2.37. The molecule has 218 valence electrons. The van der Waals surface area contributed by atoms with Crippen molar-refractivity contribution in [2.45, 2.75) is 13.2 Å². The molecule has 11 heteroatoms. The average molecular weight is 682 g/mol. The van der Waals surface area contributed by atoms with Crippen LogP contribution < -0.4 is 24.4 Å². The van der Waals surface area contributed by atoms with Crippen LogP contribution in [0.25, 0.3) is 6.08 Å². The third-order valence-corrected chi connectivity index (χ3v) is 7.55. The lowest BCUT2D eigenvalue weighted by atomic mass is 10.1. The van der Waals surface area contributed by atoms with Crippen molar-refractivity contribution in [1.29, 1.82) is 0 Å². The lowest BCUT2D eigenvalue weighted by molar-refractivity contribution is -0.122. The Bertz CT molecular complexity index is 1730. The van der Waals surface area contributed by atoms with Gasteiger partial charge < -0.3 is 14.2 Å². The number of barbiturate groups is 1. The molecule has 4 amide bonds. The second-order valence-corrected chi connectivity index (χ2v) is 11.1. The fraction of sp³-hybridized carbons (Fsp3) is 0.0938. The molecule has 4 aromatic carbocycles. The second kappa shape index (κ2) is 13.3. The van der Waals surface area contributed by atoms with Crippen LogP contribution in [0.5, 0.6) is 17.2 Å². The van der Waals surface area contributed by atoms with Gasteiger partial charge in [0.2, 0.25) is 0 Å². The van der Waals surface area contributed by atoms with Crippen LogP contribution in [0.1, 0.15) is 16.7 Å². The summed E-state index contributed by atoms with van der Waals surface area (Å²) in [6.07, 6.45) is 1.37. The molecular weight excluding hydrogens is 659 g/mol. The molecule has 1 aliphatic rings. The number of imide groups is 2. The summed E-state index contributed by atoms with van der Waals surface area (Å²) in [5, 5.41) is 3.15. The minimum Gasteiger partial charge on any atom is -0.497 e. The maximum Gasteiger partial charge on any atom is 0.335 e. The number of rotatable bonds is 9. The van der Waals surface area contributed by atoms with Crippen molar-refractivity contribution < 1.29 is 28.6 Å². The van der Waals surface area contributed by atoms with E-state index in [-0.39, 0.29) is 17.9 Å². The van der Waals surface area contributed by atoms with E-state index in [9.17, 15) is 14.4 Å². The number of hydrogen-bond donors (Lipinski definition) is 1. The van der Waals surface area contributed by atoms with E-state index in [1.165, 1.54) is 13.2 Å². The van der Waals surface area contributed by atoms with Gasteiger partial charge in [0, 0.05) is 31.7 Å². The number of methoxy groups -OCH3 is 1. The highest BCUT2D eigenvalue weighted by Crippen LogP contribution is 2.31. The van der Waals surface area contributed by atoms with E-state index >= 15 is 0 Å². The largest absolute Gasteiger partial charge is 0.497 e. The SMILES string of the molecule is COc1ccc(/C=C2\C(=O)NC(=O)N(c3ccc(OCc4ccc(Br)cc4)cc3)C2=O)c(OCc2ccc(Cl)cc2Cl)c1. The van der Waals surface area contributed by atoms with Gasteiger partial charge in [-0.2, -0.15) is 0 Å². The zero-order valence-corrected chi connectivity index (χ0v) is 25.7. The number of benzene rings is 4. The Balaban J connectivity index is 1.37. The van der Waals surface area contributed by atoms with Gasteiger partial charge >= 0.3 is 6.03 Å². The summed E-state index contributed by atoms with van der Waals surface area (Å²) in [7, 11) is 1.51. The van der Waals surface area contributed by atoms with Gasteiger partial charge in [0.15, 0.2) is 0 Å². The third kappa shape index (κ3) is 7.19. The van der Waals surface area contributed by atoms with Gasteiger partial charge in [0.25, 0.3) is 11.8 Å². The number of anilines is 1.